The molecule has 0 unspecified atom stereocenters. The number of unbranched alkanes of at least 4 members (excludes halogenated alkanes) is 1. The summed E-state index contributed by atoms with van der Waals surface area (Å²) >= 11 is 0. The summed E-state index contributed by atoms with van der Waals surface area (Å²) < 4.78 is 59.6. The van der Waals surface area contributed by atoms with Crippen LogP contribution in [0.25, 0.3) is 0 Å². The van der Waals surface area contributed by atoms with E-state index in [2.05, 4.69) is 24.5 Å². The predicted octanol–water partition coefficient (Wildman–Crippen LogP) is 4.73. The van der Waals surface area contributed by atoms with Crippen molar-refractivity contribution in [2.24, 2.45) is 0 Å². The molecule has 2 aromatic carbocycles. The molecule has 206 valence electrons. The van der Waals surface area contributed by atoms with Crippen LogP contribution in [0.3, 0.4) is 0 Å². The van der Waals surface area contributed by atoms with Gasteiger partial charge in [0.15, 0.2) is 0 Å². The number of rotatable bonds is 11. The van der Waals surface area contributed by atoms with Crippen LogP contribution in [0.1, 0.15) is 68.7 Å². The highest BCUT2D eigenvalue weighted by Crippen LogP contribution is 2.58. The fourth-order valence-electron chi connectivity index (χ4n) is 4.80. The number of nitrogens with one attached hydrogen (secondary N) is 2. The minimum atomic E-state index is -4.25. The molecule has 37 heavy (non-hydrogen) atoms. The third kappa shape index (κ3) is 7.46. The van der Waals surface area contributed by atoms with Crippen molar-refractivity contribution in [3.8, 4) is 5.75 Å². The van der Waals surface area contributed by atoms with Gasteiger partial charge < -0.3 is 10.1 Å². The monoisotopic (exact) mass is 554 g/mol. The SMILES string of the molecule is CCCC[C@]1(CC)CS(O)(O)c2cc(CNC(=O)CCS(=O)(=O)O)c(OC)cc2[C@@H](c2ccccc2)N1. The van der Waals surface area contributed by atoms with E-state index in [1.165, 1.54) is 7.11 Å². The molecule has 1 aliphatic rings. The Morgan fingerprint density at radius 3 is 2.51 bits per heavy atom. The Morgan fingerprint density at radius 2 is 1.92 bits per heavy atom. The molecule has 1 amide bonds. The molecule has 11 heteroatoms. The lowest BCUT2D eigenvalue weighted by atomic mass is 9.88. The first-order chi connectivity index (χ1) is 17.4. The van der Waals surface area contributed by atoms with E-state index >= 15 is 0 Å². The zero-order chi connectivity index (χ0) is 27.3. The summed E-state index contributed by atoms with van der Waals surface area (Å²) in [5.41, 5.74) is 1.73. The lowest BCUT2D eigenvalue weighted by molar-refractivity contribution is -0.120. The summed E-state index contributed by atoms with van der Waals surface area (Å²) in [6, 6.07) is 13.0. The van der Waals surface area contributed by atoms with Crippen LogP contribution in [0.4, 0.5) is 0 Å². The van der Waals surface area contributed by atoms with E-state index in [-0.39, 0.29) is 18.3 Å². The largest absolute Gasteiger partial charge is 0.496 e. The number of hydrogen-bond donors (Lipinski definition) is 5. The number of benzene rings is 2. The molecule has 9 nitrogen and oxygen atoms in total. The van der Waals surface area contributed by atoms with Gasteiger partial charge in [-0.1, -0.05) is 57.0 Å². The van der Waals surface area contributed by atoms with Gasteiger partial charge in [-0.2, -0.15) is 19.0 Å². The van der Waals surface area contributed by atoms with Crippen LogP contribution in [-0.2, 0) is 21.5 Å². The van der Waals surface area contributed by atoms with Gasteiger partial charge in [0.25, 0.3) is 10.1 Å². The Labute approximate surface area is 221 Å². The van der Waals surface area contributed by atoms with Gasteiger partial charge in [-0.3, -0.25) is 23.8 Å². The van der Waals surface area contributed by atoms with Crippen molar-refractivity contribution >= 4 is 26.6 Å². The Hall–Kier alpha value is -2.15. The summed E-state index contributed by atoms with van der Waals surface area (Å²) in [7, 11) is -5.98. The van der Waals surface area contributed by atoms with Crippen molar-refractivity contribution in [2.45, 2.75) is 69.0 Å². The summed E-state index contributed by atoms with van der Waals surface area (Å²) in [5, 5.41) is 6.42. The third-order valence-corrected chi connectivity index (χ3v) is 9.62. The standard InChI is InChI=1S/C26H38N2O7S2/c1-4-6-13-26(5-2)18-36(30,31)23-15-20(17-27-24(29)12-14-37(32,33)34)22(35-3)16-21(23)25(28-26)19-10-8-7-9-11-19/h7-11,15-16,25,28,30-31H,4-6,12-14,17-18H2,1-3H3,(H,27,29)(H,32,33,34)/t25-,26-/m1/s1. The molecule has 0 bridgehead atoms. The first kappa shape index (κ1) is 29.4. The molecule has 0 radical (unpaired) electrons. The first-order valence-corrected chi connectivity index (χ1v) is 15.8. The van der Waals surface area contributed by atoms with Crippen molar-refractivity contribution in [2.75, 3.05) is 18.6 Å². The molecule has 0 aliphatic carbocycles. The van der Waals surface area contributed by atoms with Crippen LogP contribution in [0.15, 0.2) is 47.4 Å². The van der Waals surface area contributed by atoms with Gasteiger partial charge in [0.1, 0.15) is 5.75 Å². The van der Waals surface area contributed by atoms with Gasteiger partial charge in [0.2, 0.25) is 5.91 Å². The average Bonchev–Trinajstić information content (AvgIpc) is 2.96. The Kier molecular flexibility index (Phi) is 9.65. The lowest BCUT2D eigenvalue weighted by Crippen LogP contribution is -2.49. The minimum Gasteiger partial charge on any atom is -0.496 e. The van der Waals surface area contributed by atoms with Crippen molar-refractivity contribution < 1.29 is 31.6 Å². The zero-order valence-corrected chi connectivity index (χ0v) is 23.2. The van der Waals surface area contributed by atoms with Crippen LogP contribution >= 0.6 is 10.6 Å². The van der Waals surface area contributed by atoms with Gasteiger partial charge in [0, 0.05) is 29.6 Å². The molecule has 0 fully saturated rings. The van der Waals surface area contributed by atoms with Crippen molar-refractivity contribution in [1.29, 1.82) is 0 Å². The number of methoxy groups -OCH3 is 1. The van der Waals surface area contributed by atoms with E-state index in [0.29, 0.717) is 28.2 Å². The van der Waals surface area contributed by atoms with E-state index in [4.69, 9.17) is 9.29 Å². The Morgan fingerprint density at radius 1 is 1.22 bits per heavy atom. The fourth-order valence-corrected chi connectivity index (χ4v) is 7.48. The molecule has 2 atom stereocenters. The summed E-state index contributed by atoms with van der Waals surface area (Å²) in [4.78, 5) is 12.6. The van der Waals surface area contributed by atoms with Crippen LogP contribution in [0.5, 0.6) is 5.75 Å². The molecule has 0 aromatic heterocycles. The molecule has 0 spiro atoms. The normalized spacial score (nSPS) is 21.9. The maximum Gasteiger partial charge on any atom is 0.265 e. The highest BCUT2D eigenvalue weighted by molar-refractivity contribution is 8.24. The van der Waals surface area contributed by atoms with Crippen LogP contribution in [0, 0.1) is 0 Å². The number of hydrogen-bond acceptors (Lipinski definition) is 7. The van der Waals surface area contributed by atoms with Gasteiger partial charge in [-0.15, -0.1) is 0 Å². The molecular formula is C26H38N2O7S2. The van der Waals surface area contributed by atoms with E-state index in [9.17, 15) is 22.3 Å². The van der Waals surface area contributed by atoms with Gasteiger partial charge in [-0.25, -0.2) is 0 Å². The lowest BCUT2D eigenvalue weighted by Gasteiger charge is -2.42. The Balaban J connectivity index is 2.06. The molecule has 1 aliphatic heterocycles. The molecule has 2 aromatic rings. The first-order valence-electron chi connectivity index (χ1n) is 12.4. The Bertz CT molecular complexity index is 1190. The minimum absolute atomic E-state index is 0.00549. The highest BCUT2D eigenvalue weighted by atomic mass is 32.3. The highest BCUT2D eigenvalue weighted by Gasteiger charge is 2.42. The summed E-state index contributed by atoms with van der Waals surface area (Å²) in [5.74, 6) is -0.611. The number of carbonyl (C=O) groups is 1. The molecule has 5 N–H and O–H groups in total. The van der Waals surface area contributed by atoms with Crippen LogP contribution < -0.4 is 15.4 Å². The van der Waals surface area contributed by atoms with Crippen molar-refractivity contribution in [3.63, 3.8) is 0 Å². The van der Waals surface area contributed by atoms with Crippen LogP contribution in [0.2, 0.25) is 0 Å². The van der Waals surface area contributed by atoms with E-state index in [1.807, 2.05) is 30.3 Å². The second kappa shape index (κ2) is 12.1. The van der Waals surface area contributed by atoms with Gasteiger partial charge in [-0.05, 0) is 30.5 Å². The molecule has 0 saturated carbocycles. The summed E-state index contributed by atoms with van der Waals surface area (Å²) in [6.45, 7) is 4.17. The van der Waals surface area contributed by atoms with Crippen molar-refractivity contribution in [3.05, 3.63) is 59.2 Å². The number of ether oxygens (including phenoxy) is 1. The molecule has 1 heterocycles. The van der Waals surface area contributed by atoms with Gasteiger partial charge in [0.05, 0.1) is 29.6 Å². The predicted molar refractivity (Wildman–Crippen MR) is 146 cm³/mol. The molecule has 0 saturated heterocycles. The number of carbonyl (C=O) groups excluding carboxylic acids is 1. The maximum atomic E-state index is 12.2. The second-order valence-corrected chi connectivity index (χ2v) is 13.2. The molecule has 3 rings (SSSR count). The van der Waals surface area contributed by atoms with E-state index in [0.717, 1.165) is 24.8 Å². The smallest absolute Gasteiger partial charge is 0.265 e. The van der Waals surface area contributed by atoms with Crippen LogP contribution in [-0.4, -0.2) is 52.1 Å². The topological polar surface area (TPSA) is 145 Å². The number of fused-ring (bicyclic) bond motifs is 1. The van der Waals surface area contributed by atoms with Crippen molar-refractivity contribution in [1.82, 2.24) is 10.6 Å². The molecular weight excluding hydrogens is 516 g/mol. The van der Waals surface area contributed by atoms with E-state index < -0.39 is 44.3 Å². The quantitative estimate of drug-likeness (QED) is 0.251. The fraction of sp³-hybridized carbons (Fsp3) is 0.500. The second-order valence-electron chi connectivity index (χ2n) is 9.55. The van der Waals surface area contributed by atoms with E-state index in [1.54, 1.807) is 12.1 Å². The zero-order valence-electron chi connectivity index (χ0n) is 21.6. The third-order valence-electron chi connectivity index (χ3n) is 6.89. The summed E-state index contributed by atoms with van der Waals surface area (Å²) in [6.07, 6.45) is 3.05. The number of amides is 1. The maximum absolute atomic E-state index is 12.2. The van der Waals surface area contributed by atoms with Gasteiger partial charge >= 0.3 is 0 Å². The average molecular weight is 555 g/mol.